The Labute approximate surface area is 113 Å². The van der Waals surface area contributed by atoms with Gasteiger partial charge in [0.15, 0.2) is 11.6 Å². The van der Waals surface area contributed by atoms with Crippen molar-refractivity contribution >= 4 is 28.7 Å². The molecule has 0 spiro atoms. The minimum Gasteiger partial charge on any atom is -0.495 e. The topological polar surface area (TPSA) is 47.3 Å². The second-order valence-electron chi connectivity index (χ2n) is 3.83. The van der Waals surface area contributed by atoms with E-state index in [0.717, 1.165) is 12.1 Å². The Hall–Kier alpha value is -2.01. The fraction of sp³-hybridized carbons (Fsp3) is 0.0769. The van der Waals surface area contributed by atoms with Gasteiger partial charge in [0, 0.05) is 11.4 Å². The van der Waals surface area contributed by atoms with Crippen LogP contribution in [-0.4, -0.2) is 7.11 Å². The number of nitrogen functional groups attached to an aromatic ring is 1. The first-order chi connectivity index (χ1) is 9.01. The van der Waals surface area contributed by atoms with Gasteiger partial charge in [-0.05, 0) is 30.3 Å². The number of ether oxygens (including phenoxy) is 1. The molecule has 0 radical (unpaired) electrons. The van der Waals surface area contributed by atoms with Crippen LogP contribution in [0.4, 0.5) is 25.8 Å². The van der Waals surface area contributed by atoms with Crippen molar-refractivity contribution in [2.75, 3.05) is 18.2 Å². The predicted molar refractivity (Wildman–Crippen MR) is 72.1 cm³/mol. The Morgan fingerprint density at radius 2 is 1.79 bits per heavy atom. The molecule has 100 valence electrons. The van der Waals surface area contributed by atoms with Crippen molar-refractivity contribution in [3.63, 3.8) is 0 Å². The molecule has 6 heteroatoms. The molecule has 19 heavy (non-hydrogen) atoms. The van der Waals surface area contributed by atoms with Gasteiger partial charge in [0.05, 0.1) is 12.1 Å². The number of methoxy groups -OCH3 is 1. The summed E-state index contributed by atoms with van der Waals surface area (Å²) in [5, 5.41) is 2.95. The molecule has 3 N–H and O–H groups in total. The zero-order valence-electron chi connectivity index (χ0n) is 10.0. The molecule has 0 aliphatic rings. The van der Waals surface area contributed by atoms with Gasteiger partial charge in [0.25, 0.3) is 0 Å². The van der Waals surface area contributed by atoms with E-state index >= 15 is 0 Å². The number of hydrogen-bond acceptors (Lipinski definition) is 3. The first-order valence-corrected chi connectivity index (χ1v) is 5.74. The number of halogens is 3. The standard InChI is InChI=1S/C13H11ClF2N2O/c1-19-12-3-2-8(6-9(12)14)18-13-10(15)4-7(17)5-11(13)16/h2-6,18H,17H2,1H3. The van der Waals surface area contributed by atoms with E-state index in [0.29, 0.717) is 16.5 Å². The van der Waals surface area contributed by atoms with Crippen LogP contribution < -0.4 is 15.8 Å². The summed E-state index contributed by atoms with van der Waals surface area (Å²) < 4.78 is 32.2. The summed E-state index contributed by atoms with van der Waals surface area (Å²) in [4.78, 5) is 0. The third-order valence-electron chi connectivity index (χ3n) is 2.49. The van der Waals surface area contributed by atoms with E-state index in [4.69, 9.17) is 22.1 Å². The molecule has 0 unspecified atom stereocenters. The number of benzene rings is 2. The van der Waals surface area contributed by atoms with Crippen LogP contribution in [0.1, 0.15) is 0 Å². The second-order valence-corrected chi connectivity index (χ2v) is 4.24. The SMILES string of the molecule is COc1ccc(Nc2c(F)cc(N)cc2F)cc1Cl. The average molecular weight is 285 g/mol. The van der Waals surface area contributed by atoms with Crippen LogP contribution in [0.25, 0.3) is 0 Å². The molecule has 0 atom stereocenters. The van der Waals surface area contributed by atoms with Gasteiger partial charge in [-0.25, -0.2) is 8.78 Å². The first-order valence-electron chi connectivity index (χ1n) is 5.36. The Kier molecular flexibility index (Phi) is 3.76. The average Bonchev–Trinajstić information content (AvgIpc) is 2.34. The van der Waals surface area contributed by atoms with Gasteiger partial charge >= 0.3 is 0 Å². The monoisotopic (exact) mass is 284 g/mol. The summed E-state index contributed by atoms with van der Waals surface area (Å²) in [5.74, 6) is -1.07. The molecule has 0 saturated carbocycles. The van der Waals surface area contributed by atoms with Crippen LogP contribution >= 0.6 is 11.6 Å². The normalized spacial score (nSPS) is 10.3. The molecule has 0 saturated heterocycles. The molecule has 3 nitrogen and oxygen atoms in total. The number of hydrogen-bond donors (Lipinski definition) is 2. The van der Waals surface area contributed by atoms with Gasteiger partial charge in [-0.1, -0.05) is 11.6 Å². The van der Waals surface area contributed by atoms with Gasteiger partial charge < -0.3 is 15.8 Å². The molecular weight excluding hydrogens is 274 g/mol. The smallest absolute Gasteiger partial charge is 0.151 e. The summed E-state index contributed by atoms with van der Waals surface area (Å²) >= 11 is 5.93. The molecule has 2 aromatic rings. The first kappa shape index (κ1) is 13.4. The zero-order valence-corrected chi connectivity index (χ0v) is 10.8. The summed E-state index contributed by atoms with van der Waals surface area (Å²) in [5.41, 5.74) is 5.52. The van der Waals surface area contributed by atoms with E-state index in [1.165, 1.54) is 13.2 Å². The van der Waals surface area contributed by atoms with Crippen LogP contribution in [0.3, 0.4) is 0 Å². The van der Waals surface area contributed by atoms with Gasteiger partial charge in [0.1, 0.15) is 11.4 Å². The lowest BCUT2D eigenvalue weighted by Gasteiger charge is -2.11. The second kappa shape index (κ2) is 5.32. The number of nitrogens with one attached hydrogen (secondary N) is 1. The maximum Gasteiger partial charge on any atom is 0.151 e. The lowest BCUT2D eigenvalue weighted by molar-refractivity contribution is 0.415. The van der Waals surface area contributed by atoms with Crippen molar-refractivity contribution in [2.24, 2.45) is 0 Å². The summed E-state index contributed by atoms with van der Waals surface area (Å²) in [7, 11) is 1.48. The van der Waals surface area contributed by atoms with E-state index in [2.05, 4.69) is 5.32 Å². The van der Waals surface area contributed by atoms with Gasteiger partial charge in [-0.3, -0.25) is 0 Å². The minimum atomic E-state index is -0.774. The molecular formula is C13H11ClF2N2O. The summed E-state index contributed by atoms with van der Waals surface area (Å²) in [6.45, 7) is 0. The van der Waals surface area contributed by atoms with Crippen molar-refractivity contribution < 1.29 is 13.5 Å². The van der Waals surface area contributed by atoms with Crippen molar-refractivity contribution in [1.82, 2.24) is 0 Å². The largest absolute Gasteiger partial charge is 0.495 e. The Morgan fingerprint density at radius 3 is 2.32 bits per heavy atom. The van der Waals surface area contributed by atoms with Crippen LogP contribution in [0.2, 0.25) is 5.02 Å². The maximum atomic E-state index is 13.6. The highest BCUT2D eigenvalue weighted by Crippen LogP contribution is 2.31. The third kappa shape index (κ3) is 2.88. The Morgan fingerprint density at radius 1 is 1.16 bits per heavy atom. The molecule has 0 amide bonds. The fourth-order valence-electron chi connectivity index (χ4n) is 1.60. The molecule has 0 aliphatic carbocycles. The van der Waals surface area contributed by atoms with Crippen molar-refractivity contribution in [3.8, 4) is 5.75 Å². The van der Waals surface area contributed by atoms with E-state index in [9.17, 15) is 8.78 Å². The predicted octanol–water partition coefficient (Wildman–Crippen LogP) is 3.95. The number of anilines is 3. The van der Waals surface area contributed by atoms with E-state index in [-0.39, 0.29) is 11.4 Å². The van der Waals surface area contributed by atoms with Gasteiger partial charge in [-0.2, -0.15) is 0 Å². The molecule has 0 fully saturated rings. The van der Waals surface area contributed by atoms with E-state index in [1.807, 2.05) is 0 Å². The lowest BCUT2D eigenvalue weighted by Crippen LogP contribution is -1.99. The van der Waals surface area contributed by atoms with Crippen molar-refractivity contribution in [2.45, 2.75) is 0 Å². The quantitative estimate of drug-likeness (QED) is 0.839. The van der Waals surface area contributed by atoms with Crippen LogP contribution in [0, 0.1) is 11.6 Å². The van der Waals surface area contributed by atoms with Gasteiger partial charge in [0.2, 0.25) is 0 Å². The van der Waals surface area contributed by atoms with Crippen LogP contribution in [-0.2, 0) is 0 Å². The molecule has 0 aromatic heterocycles. The number of rotatable bonds is 3. The van der Waals surface area contributed by atoms with Crippen LogP contribution in [0.5, 0.6) is 5.75 Å². The summed E-state index contributed by atoms with van der Waals surface area (Å²) in [6.07, 6.45) is 0. The Balaban J connectivity index is 2.34. The third-order valence-corrected chi connectivity index (χ3v) is 2.78. The number of nitrogens with two attached hydrogens (primary N) is 1. The fourth-order valence-corrected chi connectivity index (χ4v) is 1.86. The Bertz CT molecular complexity index is 597. The van der Waals surface area contributed by atoms with Crippen LogP contribution in [0.15, 0.2) is 30.3 Å². The molecule has 2 rings (SSSR count). The highest BCUT2D eigenvalue weighted by atomic mass is 35.5. The van der Waals surface area contributed by atoms with E-state index in [1.54, 1.807) is 12.1 Å². The zero-order chi connectivity index (χ0) is 14.0. The molecule has 0 heterocycles. The summed E-state index contributed by atoms with van der Waals surface area (Å²) in [6, 6.07) is 6.78. The van der Waals surface area contributed by atoms with Gasteiger partial charge in [-0.15, -0.1) is 0 Å². The molecule has 0 aliphatic heterocycles. The van der Waals surface area contributed by atoms with Crippen molar-refractivity contribution in [1.29, 1.82) is 0 Å². The maximum absolute atomic E-state index is 13.6. The van der Waals surface area contributed by atoms with E-state index < -0.39 is 11.6 Å². The molecule has 2 aromatic carbocycles. The van der Waals surface area contributed by atoms with Crippen molar-refractivity contribution in [3.05, 3.63) is 47.0 Å². The highest BCUT2D eigenvalue weighted by molar-refractivity contribution is 6.32. The molecule has 0 bridgehead atoms. The lowest BCUT2D eigenvalue weighted by atomic mass is 10.2. The highest BCUT2D eigenvalue weighted by Gasteiger charge is 2.11. The minimum absolute atomic E-state index is 0.0216.